The summed E-state index contributed by atoms with van der Waals surface area (Å²) in [6, 6.07) is 6.81. The molecule has 8 heteroatoms. The largest absolute Gasteiger partial charge is 1.00 e. The maximum absolute atomic E-state index is 12.4. The van der Waals surface area contributed by atoms with Crippen molar-refractivity contribution in [2.24, 2.45) is 0 Å². The topological polar surface area (TPSA) is 77.8 Å². The molecule has 1 aromatic carbocycles. The van der Waals surface area contributed by atoms with E-state index in [-0.39, 0.29) is 29.5 Å². The van der Waals surface area contributed by atoms with Gasteiger partial charge in [-0.15, -0.1) is 0 Å². The molecule has 1 aliphatic rings. The van der Waals surface area contributed by atoms with Crippen molar-refractivity contribution in [1.82, 2.24) is 5.32 Å². The number of ether oxygens (including phenoxy) is 2. The van der Waals surface area contributed by atoms with Crippen LogP contribution in [0.3, 0.4) is 0 Å². The van der Waals surface area contributed by atoms with Gasteiger partial charge >= 0.3 is 5.63 Å². The number of morpholine rings is 1. The van der Waals surface area contributed by atoms with Crippen LogP contribution in [-0.2, 0) is 4.74 Å². The summed E-state index contributed by atoms with van der Waals surface area (Å²) in [5.41, 5.74) is -0.315. The van der Waals surface area contributed by atoms with Crippen molar-refractivity contribution < 1.29 is 47.1 Å². The summed E-state index contributed by atoms with van der Waals surface area (Å²) in [5.74, 6) is 0.0460. The monoisotopic (exact) mass is 474 g/mol. The van der Waals surface area contributed by atoms with Crippen LogP contribution < -0.4 is 39.7 Å². The van der Waals surface area contributed by atoms with E-state index in [0.717, 1.165) is 37.3 Å². The van der Waals surface area contributed by atoms with Crippen molar-refractivity contribution >= 4 is 16.9 Å². The van der Waals surface area contributed by atoms with Crippen molar-refractivity contribution in [3.8, 4) is 5.75 Å². The van der Waals surface area contributed by atoms with Crippen LogP contribution in [0.4, 0.5) is 0 Å². The molecule has 3 rings (SSSR count). The molecule has 142 valence electrons. The lowest BCUT2D eigenvalue weighted by Gasteiger charge is -2.37. The Morgan fingerprint density at radius 1 is 1.31 bits per heavy atom. The number of hydrogen-bond acceptors (Lipinski definition) is 5. The molecule has 0 saturated carbocycles. The fourth-order valence-electron chi connectivity index (χ4n) is 2.98. The van der Waals surface area contributed by atoms with Gasteiger partial charge in [-0.3, -0.25) is 4.79 Å². The van der Waals surface area contributed by atoms with Crippen LogP contribution >= 0.6 is 0 Å². The zero-order valence-corrected chi connectivity index (χ0v) is 17.1. The zero-order valence-electron chi connectivity index (χ0n) is 14.9. The summed E-state index contributed by atoms with van der Waals surface area (Å²) in [5, 5.41) is 3.47. The summed E-state index contributed by atoms with van der Waals surface area (Å²) < 4.78 is 16.7. The van der Waals surface area contributed by atoms with Gasteiger partial charge in [-0.25, -0.2) is 4.79 Å². The van der Waals surface area contributed by atoms with Gasteiger partial charge in [0.25, 0.3) is 5.91 Å². The van der Waals surface area contributed by atoms with Gasteiger partial charge in [0.2, 0.25) is 0 Å². The first kappa shape index (κ1) is 20.7. The quantitative estimate of drug-likeness (QED) is 0.309. The fraction of sp³-hybridized carbons (Fsp3) is 0.444. The average Bonchev–Trinajstić information content (AvgIpc) is 2.61. The van der Waals surface area contributed by atoms with Crippen LogP contribution in [0.2, 0.25) is 0 Å². The molecule has 1 aliphatic heterocycles. The Balaban J connectivity index is 0.00000243. The molecule has 0 radical (unpaired) electrons. The Labute approximate surface area is 168 Å². The number of carbonyl (C=O) groups excluding carboxylic acids is 1. The molecule has 0 spiro atoms. The molecular formula is C18H23IN2O5. The first-order valence-corrected chi connectivity index (χ1v) is 8.33. The molecule has 0 bridgehead atoms. The number of halogens is 1. The summed E-state index contributed by atoms with van der Waals surface area (Å²) in [4.78, 5) is 24.5. The van der Waals surface area contributed by atoms with Crippen LogP contribution in [-0.4, -0.2) is 63.9 Å². The van der Waals surface area contributed by atoms with E-state index in [4.69, 9.17) is 13.9 Å². The lowest BCUT2D eigenvalue weighted by Crippen LogP contribution is -3.00. The minimum atomic E-state index is -0.665. The summed E-state index contributed by atoms with van der Waals surface area (Å²) in [7, 11) is 3.65. The molecule has 1 N–H and O–H groups in total. The number of likely N-dealkylation sites (N-methyl/N-ethyl adjacent to an activating group) is 1. The Morgan fingerprint density at radius 2 is 2.04 bits per heavy atom. The Morgan fingerprint density at radius 3 is 2.73 bits per heavy atom. The number of amides is 1. The number of fused-ring (bicyclic) bond motifs is 1. The predicted molar refractivity (Wildman–Crippen MR) is 93.0 cm³/mol. The number of hydrogen-bond donors (Lipinski definition) is 1. The lowest BCUT2D eigenvalue weighted by molar-refractivity contribution is -0.915. The molecule has 1 saturated heterocycles. The third-order valence-corrected chi connectivity index (χ3v) is 4.68. The third-order valence-electron chi connectivity index (χ3n) is 4.68. The molecule has 1 aromatic heterocycles. The van der Waals surface area contributed by atoms with Crippen LogP contribution in [0.25, 0.3) is 11.0 Å². The Hall–Kier alpha value is -1.65. The molecule has 7 nitrogen and oxygen atoms in total. The second-order valence-electron chi connectivity index (χ2n) is 6.48. The van der Waals surface area contributed by atoms with Crippen LogP contribution in [0, 0.1) is 0 Å². The van der Waals surface area contributed by atoms with Gasteiger partial charge in [-0.05, 0) is 12.1 Å². The highest BCUT2D eigenvalue weighted by atomic mass is 127. The van der Waals surface area contributed by atoms with Gasteiger partial charge in [0.1, 0.15) is 18.7 Å². The molecule has 26 heavy (non-hydrogen) atoms. The highest BCUT2D eigenvalue weighted by Crippen LogP contribution is 2.24. The van der Waals surface area contributed by atoms with E-state index in [0.29, 0.717) is 23.3 Å². The molecule has 0 aliphatic carbocycles. The lowest BCUT2D eigenvalue weighted by atomic mass is 10.1. The van der Waals surface area contributed by atoms with E-state index in [9.17, 15) is 9.59 Å². The maximum Gasteiger partial charge on any atom is 0.349 e. The van der Waals surface area contributed by atoms with E-state index in [1.807, 2.05) is 0 Å². The average molecular weight is 474 g/mol. The van der Waals surface area contributed by atoms with Gasteiger partial charge in [0.15, 0.2) is 11.3 Å². The van der Waals surface area contributed by atoms with Gasteiger partial charge < -0.3 is 47.7 Å². The van der Waals surface area contributed by atoms with Crippen molar-refractivity contribution in [2.75, 3.05) is 53.6 Å². The van der Waals surface area contributed by atoms with Crippen LogP contribution in [0.5, 0.6) is 5.75 Å². The molecule has 2 aromatic rings. The van der Waals surface area contributed by atoms with Gasteiger partial charge in [0, 0.05) is 5.39 Å². The Kier molecular flexibility index (Phi) is 7.01. The summed E-state index contributed by atoms with van der Waals surface area (Å²) in [6.45, 7) is 4.61. The van der Waals surface area contributed by atoms with Gasteiger partial charge in [0.05, 0.1) is 40.5 Å². The van der Waals surface area contributed by atoms with Crippen molar-refractivity contribution in [1.29, 1.82) is 0 Å². The van der Waals surface area contributed by atoms with Gasteiger partial charge in [-0.1, -0.05) is 12.1 Å². The molecule has 0 unspecified atom stereocenters. The molecule has 1 amide bonds. The molecular weight excluding hydrogens is 451 g/mol. The van der Waals surface area contributed by atoms with E-state index >= 15 is 0 Å². The van der Waals surface area contributed by atoms with E-state index in [1.54, 1.807) is 24.3 Å². The van der Waals surface area contributed by atoms with Crippen molar-refractivity contribution in [3.63, 3.8) is 0 Å². The molecule has 2 heterocycles. The maximum atomic E-state index is 12.4. The van der Waals surface area contributed by atoms with Crippen molar-refractivity contribution in [2.45, 2.75) is 0 Å². The normalized spacial score (nSPS) is 15.9. The minimum absolute atomic E-state index is 0. The second-order valence-corrected chi connectivity index (χ2v) is 6.48. The van der Waals surface area contributed by atoms with Crippen LogP contribution in [0.1, 0.15) is 10.4 Å². The standard InChI is InChI=1S/C18H22N2O5.HI/c1-20(8-10-24-11-9-20)7-6-19-17(21)14-12-13-4-3-5-15(23-2)16(13)25-18(14)22;/h3-5,12H,6-11H2,1-2H3;1H. The molecule has 0 atom stereocenters. The number of carbonyl (C=O) groups is 1. The smallest absolute Gasteiger partial charge is 0.349 e. The zero-order chi connectivity index (χ0) is 17.9. The SMILES string of the molecule is COc1cccc2cc(C(=O)NCC[N+]3(C)CCOCC3)c(=O)oc12.[I-]. The number of quaternary nitrogens is 1. The number of benzene rings is 1. The second kappa shape index (κ2) is 8.83. The summed E-state index contributed by atoms with van der Waals surface area (Å²) in [6.07, 6.45) is 0. The molecule has 1 fully saturated rings. The first-order valence-electron chi connectivity index (χ1n) is 8.33. The predicted octanol–water partition coefficient (Wildman–Crippen LogP) is -1.99. The summed E-state index contributed by atoms with van der Waals surface area (Å²) >= 11 is 0. The highest BCUT2D eigenvalue weighted by Gasteiger charge is 2.25. The van der Waals surface area contributed by atoms with Crippen molar-refractivity contribution in [3.05, 3.63) is 40.2 Å². The van der Waals surface area contributed by atoms with E-state index < -0.39 is 11.5 Å². The number of methoxy groups -OCH3 is 1. The number of para-hydroxylation sites is 1. The van der Waals surface area contributed by atoms with Crippen LogP contribution in [0.15, 0.2) is 33.5 Å². The first-order chi connectivity index (χ1) is 12.0. The fourth-order valence-corrected chi connectivity index (χ4v) is 2.98. The third kappa shape index (κ3) is 4.54. The Bertz CT molecular complexity index is 830. The number of nitrogens with one attached hydrogen (secondary N) is 1. The number of nitrogens with zero attached hydrogens (tertiary/aromatic N) is 1. The van der Waals surface area contributed by atoms with E-state index in [2.05, 4.69) is 12.4 Å². The highest BCUT2D eigenvalue weighted by molar-refractivity contribution is 5.97. The minimum Gasteiger partial charge on any atom is -1.00 e. The number of rotatable bonds is 5. The van der Waals surface area contributed by atoms with E-state index in [1.165, 1.54) is 7.11 Å². The van der Waals surface area contributed by atoms with Gasteiger partial charge in [-0.2, -0.15) is 0 Å².